The van der Waals surface area contributed by atoms with E-state index in [1.165, 1.54) is 36.4 Å². The highest BCUT2D eigenvalue weighted by atomic mass is 35.5. The number of carbonyl (C=O) groups is 1. The Hall–Kier alpha value is -3.53. The van der Waals surface area contributed by atoms with Crippen LogP contribution in [0, 0.1) is 0 Å². The molecule has 11 heteroatoms. The topological polar surface area (TPSA) is 107 Å². The van der Waals surface area contributed by atoms with E-state index in [1.807, 2.05) is 6.92 Å². The molecule has 172 valence electrons. The lowest BCUT2D eigenvalue weighted by Crippen LogP contribution is -2.10. The molecule has 2 aromatic carbocycles. The first-order valence-corrected chi connectivity index (χ1v) is 10.3. The number of benzene rings is 2. The first-order valence-electron chi connectivity index (χ1n) is 9.93. The number of nitrogens with two attached hydrogens (primary N) is 1. The van der Waals surface area contributed by atoms with Crippen molar-refractivity contribution in [2.45, 2.75) is 32.5 Å². The quantitative estimate of drug-likeness (QED) is 0.347. The van der Waals surface area contributed by atoms with Crippen molar-refractivity contribution in [3.8, 4) is 11.5 Å². The summed E-state index contributed by atoms with van der Waals surface area (Å²) in [5.41, 5.74) is 5.68. The number of rotatable bonds is 6. The number of nitrogen functional groups attached to an aromatic ring is 1. The molecule has 0 atom stereocenters. The zero-order valence-corrected chi connectivity index (χ0v) is 18.0. The van der Waals surface area contributed by atoms with Crippen molar-refractivity contribution in [1.82, 2.24) is 14.7 Å². The van der Waals surface area contributed by atoms with Gasteiger partial charge in [-0.05, 0) is 42.8 Å². The minimum atomic E-state index is -4.61. The number of carboxylic acids is 1. The second-order valence-corrected chi connectivity index (χ2v) is 7.85. The fourth-order valence-corrected chi connectivity index (χ4v) is 3.96. The van der Waals surface area contributed by atoms with Gasteiger partial charge in [-0.25, -0.2) is 4.79 Å². The summed E-state index contributed by atoms with van der Waals surface area (Å²) in [4.78, 5) is 15.5. The van der Waals surface area contributed by atoms with Crippen LogP contribution in [0.3, 0.4) is 0 Å². The van der Waals surface area contributed by atoms with Crippen LogP contribution in [0.2, 0.25) is 5.02 Å². The molecule has 4 rings (SSSR count). The Kier molecular flexibility index (Phi) is 5.79. The van der Waals surface area contributed by atoms with Crippen molar-refractivity contribution in [3.05, 3.63) is 64.1 Å². The number of aromatic carboxylic acids is 1. The van der Waals surface area contributed by atoms with Crippen molar-refractivity contribution < 1.29 is 27.6 Å². The molecule has 0 fully saturated rings. The first-order chi connectivity index (χ1) is 15.6. The summed E-state index contributed by atoms with van der Waals surface area (Å²) >= 11 is 6.16. The molecule has 2 heterocycles. The number of hydrogen-bond acceptors (Lipinski definition) is 5. The molecule has 0 aliphatic rings. The SMILES string of the molecule is CCCc1cc2c(C(F)(F)F)c(N)ccc2n1Cc1noc(-c2cc(C(=O)O)ccc2Cl)n1. The molecule has 0 bridgehead atoms. The van der Waals surface area contributed by atoms with Gasteiger partial charge in [0.1, 0.15) is 0 Å². The molecular weight excluding hydrogens is 461 g/mol. The highest BCUT2D eigenvalue weighted by Gasteiger charge is 2.36. The van der Waals surface area contributed by atoms with Crippen LogP contribution >= 0.6 is 11.6 Å². The van der Waals surface area contributed by atoms with E-state index in [9.17, 15) is 23.1 Å². The minimum absolute atomic E-state index is 0.00632. The van der Waals surface area contributed by atoms with Gasteiger partial charge < -0.3 is 19.9 Å². The average Bonchev–Trinajstić information content (AvgIpc) is 3.32. The summed E-state index contributed by atoms with van der Waals surface area (Å²) < 4.78 is 48.0. The summed E-state index contributed by atoms with van der Waals surface area (Å²) in [6.45, 7) is 1.96. The van der Waals surface area contributed by atoms with Gasteiger partial charge in [-0.2, -0.15) is 18.2 Å². The van der Waals surface area contributed by atoms with Crippen LogP contribution in [-0.2, 0) is 19.1 Å². The molecule has 0 unspecified atom stereocenters. The summed E-state index contributed by atoms with van der Waals surface area (Å²) in [6.07, 6.45) is -3.37. The van der Waals surface area contributed by atoms with Crippen LogP contribution in [-0.4, -0.2) is 25.8 Å². The molecule has 2 aromatic heterocycles. The Bertz CT molecular complexity index is 1360. The molecule has 0 saturated heterocycles. The van der Waals surface area contributed by atoms with Gasteiger partial charge in [0.25, 0.3) is 5.89 Å². The molecule has 33 heavy (non-hydrogen) atoms. The molecule has 3 N–H and O–H groups in total. The molecule has 0 spiro atoms. The van der Waals surface area contributed by atoms with Crippen LogP contribution in [0.5, 0.6) is 0 Å². The van der Waals surface area contributed by atoms with Crippen LogP contribution in [0.1, 0.15) is 40.8 Å². The second-order valence-electron chi connectivity index (χ2n) is 7.45. The van der Waals surface area contributed by atoms with Gasteiger partial charge in [-0.3, -0.25) is 0 Å². The highest BCUT2D eigenvalue weighted by Crippen LogP contribution is 2.40. The van der Waals surface area contributed by atoms with Crippen molar-refractivity contribution in [2.75, 3.05) is 5.73 Å². The van der Waals surface area contributed by atoms with Gasteiger partial charge in [-0.15, -0.1) is 0 Å². The normalized spacial score (nSPS) is 11.9. The molecule has 0 aliphatic heterocycles. The largest absolute Gasteiger partial charge is 0.478 e. The van der Waals surface area contributed by atoms with E-state index in [1.54, 1.807) is 4.57 Å². The van der Waals surface area contributed by atoms with Gasteiger partial charge in [0.2, 0.25) is 0 Å². The fraction of sp³-hybridized carbons (Fsp3) is 0.227. The maximum Gasteiger partial charge on any atom is 0.419 e. The number of hydrogen-bond donors (Lipinski definition) is 2. The zero-order chi connectivity index (χ0) is 23.9. The number of aromatic nitrogens is 3. The van der Waals surface area contributed by atoms with E-state index in [4.69, 9.17) is 21.9 Å². The van der Waals surface area contributed by atoms with E-state index in [2.05, 4.69) is 10.1 Å². The summed E-state index contributed by atoms with van der Waals surface area (Å²) in [7, 11) is 0. The number of halogens is 4. The number of carboxylic acid groups (broad SMARTS) is 1. The number of alkyl halides is 3. The third kappa shape index (κ3) is 4.25. The molecule has 0 radical (unpaired) electrons. The van der Waals surface area contributed by atoms with Crippen LogP contribution in [0.15, 0.2) is 40.9 Å². The Morgan fingerprint density at radius 3 is 2.67 bits per heavy atom. The Balaban J connectivity index is 1.78. The third-order valence-electron chi connectivity index (χ3n) is 5.20. The summed E-state index contributed by atoms with van der Waals surface area (Å²) in [5.74, 6) is -0.940. The lowest BCUT2D eigenvalue weighted by molar-refractivity contribution is -0.135. The van der Waals surface area contributed by atoms with E-state index in [0.29, 0.717) is 24.1 Å². The Labute approximate surface area is 190 Å². The van der Waals surface area contributed by atoms with Gasteiger partial charge in [0, 0.05) is 22.3 Å². The molecule has 0 saturated carbocycles. The van der Waals surface area contributed by atoms with Crippen molar-refractivity contribution in [1.29, 1.82) is 0 Å². The second kappa shape index (κ2) is 8.43. The van der Waals surface area contributed by atoms with E-state index < -0.39 is 17.7 Å². The standard InChI is InChI=1S/C22H18ClF3N4O3/c1-2-3-12-9-14-17(7-6-16(27)19(14)22(24,25)26)30(12)10-18-28-20(33-29-18)13-8-11(21(31)32)4-5-15(13)23/h4-9H,2-3,10,27H2,1H3,(H,31,32). The van der Waals surface area contributed by atoms with Crippen LogP contribution < -0.4 is 5.73 Å². The molecule has 0 amide bonds. The van der Waals surface area contributed by atoms with Gasteiger partial charge in [0.05, 0.1) is 28.3 Å². The molecule has 4 aromatic rings. The monoisotopic (exact) mass is 478 g/mol. The number of fused-ring (bicyclic) bond motifs is 1. The lowest BCUT2D eigenvalue weighted by atomic mass is 10.1. The van der Waals surface area contributed by atoms with Gasteiger partial charge in [-0.1, -0.05) is 30.1 Å². The highest BCUT2D eigenvalue weighted by molar-refractivity contribution is 6.33. The van der Waals surface area contributed by atoms with Crippen LogP contribution in [0.25, 0.3) is 22.4 Å². The average molecular weight is 479 g/mol. The van der Waals surface area contributed by atoms with Crippen molar-refractivity contribution in [2.24, 2.45) is 0 Å². The van der Waals surface area contributed by atoms with Crippen LogP contribution in [0.4, 0.5) is 18.9 Å². The van der Waals surface area contributed by atoms with Gasteiger partial charge in [0.15, 0.2) is 5.82 Å². The van der Waals surface area contributed by atoms with E-state index in [-0.39, 0.29) is 45.5 Å². The maximum atomic E-state index is 13.7. The van der Waals surface area contributed by atoms with Crippen molar-refractivity contribution >= 4 is 34.2 Å². The number of anilines is 1. The van der Waals surface area contributed by atoms with Gasteiger partial charge >= 0.3 is 12.1 Å². The predicted octanol–water partition coefficient (Wildman–Crippen LogP) is 5.64. The maximum absolute atomic E-state index is 13.7. The fourth-order valence-electron chi connectivity index (χ4n) is 3.76. The van der Waals surface area contributed by atoms with Crippen molar-refractivity contribution in [3.63, 3.8) is 0 Å². The zero-order valence-electron chi connectivity index (χ0n) is 17.3. The summed E-state index contributed by atoms with van der Waals surface area (Å²) in [5, 5.41) is 13.3. The smallest absolute Gasteiger partial charge is 0.419 e. The number of nitrogens with zero attached hydrogens (tertiary/aromatic N) is 3. The minimum Gasteiger partial charge on any atom is -0.478 e. The number of aryl methyl sites for hydroxylation is 1. The predicted molar refractivity (Wildman–Crippen MR) is 116 cm³/mol. The summed E-state index contributed by atoms with van der Waals surface area (Å²) in [6, 6.07) is 8.33. The molecular formula is C22H18ClF3N4O3. The molecule has 0 aliphatic carbocycles. The third-order valence-corrected chi connectivity index (χ3v) is 5.53. The Morgan fingerprint density at radius 1 is 1.24 bits per heavy atom. The Morgan fingerprint density at radius 2 is 2.00 bits per heavy atom. The van der Waals surface area contributed by atoms with E-state index in [0.717, 1.165) is 0 Å². The van der Waals surface area contributed by atoms with E-state index >= 15 is 0 Å². The first kappa shape index (κ1) is 22.7. The lowest BCUT2D eigenvalue weighted by Gasteiger charge is -2.12. The molecule has 7 nitrogen and oxygen atoms in total.